The van der Waals surface area contributed by atoms with Crippen LogP contribution in [-0.2, 0) is 0 Å². The molecule has 0 amide bonds. The first-order valence-electron chi connectivity index (χ1n) is 7.86. The number of anilines is 1. The van der Waals surface area contributed by atoms with Gasteiger partial charge in [0.2, 0.25) is 0 Å². The van der Waals surface area contributed by atoms with Crippen LogP contribution in [0.15, 0.2) is 55.1 Å². The van der Waals surface area contributed by atoms with E-state index >= 15 is 0 Å². The van der Waals surface area contributed by atoms with Gasteiger partial charge in [-0.25, -0.2) is 28.7 Å². The van der Waals surface area contributed by atoms with Crippen LogP contribution in [0.5, 0.6) is 0 Å². The Labute approximate surface area is 147 Å². The van der Waals surface area contributed by atoms with Crippen LogP contribution in [0.3, 0.4) is 0 Å². The van der Waals surface area contributed by atoms with Gasteiger partial charge in [0, 0.05) is 30.4 Å². The maximum absolute atomic E-state index is 14.1. The molecule has 0 unspecified atom stereocenters. The topological polar surface area (TPSA) is 63.6 Å². The van der Waals surface area contributed by atoms with E-state index in [1.165, 1.54) is 18.5 Å². The first-order chi connectivity index (χ1) is 12.7. The highest BCUT2D eigenvalue weighted by Gasteiger charge is 2.13. The average Bonchev–Trinajstić information content (AvgIpc) is 2.69. The lowest BCUT2D eigenvalue weighted by atomic mass is 10.0. The summed E-state index contributed by atoms with van der Waals surface area (Å²) in [7, 11) is 1.74. The van der Waals surface area contributed by atoms with Gasteiger partial charge in [-0.15, -0.1) is 0 Å². The maximum atomic E-state index is 14.1. The number of aromatic nitrogens is 4. The van der Waals surface area contributed by atoms with E-state index < -0.39 is 11.6 Å². The molecule has 0 spiro atoms. The molecule has 2 aromatic heterocycles. The second-order valence-electron chi connectivity index (χ2n) is 5.61. The van der Waals surface area contributed by atoms with E-state index in [0.29, 0.717) is 33.7 Å². The Morgan fingerprint density at radius 2 is 1.73 bits per heavy atom. The minimum atomic E-state index is -0.882. The number of nitrogens with zero attached hydrogens (tertiary/aromatic N) is 4. The van der Waals surface area contributed by atoms with Gasteiger partial charge in [-0.2, -0.15) is 0 Å². The standard InChI is InChI=1S/C19H13F2N5/c1-22-19-14-7-11(13-3-2-4-15(20)17(13)21)5-6-16(14)25-18(26-19)12-8-23-10-24-9-12/h2-10H,1H3,(H,22,25,26). The average molecular weight is 349 g/mol. The normalized spacial score (nSPS) is 10.9. The van der Waals surface area contributed by atoms with Crippen molar-refractivity contribution in [1.29, 1.82) is 0 Å². The molecule has 0 fully saturated rings. The molecule has 2 heterocycles. The SMILES string of the molecule is CNc1nc(-c2cncnc2)nc2ccc(-c3cccc(F)c3F)cc12. The molecule has 4 rings (SSSR count). The summed E-state index contributed by atoms with van der Waals surface area (Å²) in [6.45, 7) is 0. The van der Waals surface area contributed by atoms with Gasteiger partial charge in [0.05, 0.1) is 11.1 Å². The predicted molar refractivity (Wildman–Crippen MR) is 95.5 cm³/mol. The predicted octanol–water partition coefficient (Wildman–Crippen LogP) is 4.07. The molecule has 5 nitrogen and oxygen atoms in total. The second-order valence-corrected chi connectivity index (χ2v) is 5.61. The lowest BCUT2D eigenvalue weighted by molar-refractivity contribution is 0.511. The number of hydrogen-bond acceptors (Lipinski definition) is 5. The zero-order chi connectivity index (χ0) is 18.1. The molecule has 128 valence electrons. The van der Waals surface area contributed by atoms with Crippen molar-refractivity contribution in [2.24, 2.45) is 0 Å². The molecule has 0 aliphatic rings. The highest BCUT2D eigenvalue weighted by atomic mass is 19.2. The van der Waals surface area contributed by atoms with Crippen LogP contribution >= 0.6 is 0 Å². The third-order valence-corrected chi connectivity index (χ3v) is 4.01. The van der Waals surface area contributed by atoms with Crippen molar-refractivity contribution in [3.8, 4) is 22.5 Å². The maximum Gasteiger partial charge on any atom is 0.166 e. The van der Waals surface area contributed by atoms with Crippen LogP contribution in [0.1, 0.15) is 0 Å². The Morgan fingerprint density at radius 3 is 2.50 bits per heavy atom. The minimum Gasteiger partial charge on any atom is -0.373 e. The molecule has 0 radical (unpaired) electrons. The molecule has 0 saturated carbocycles. The number of fused-ring (bicyclic) bond motifs is 1. The third-order valence-electron chi connectivity index (χ3n) is 4.01. The van der Waals surface area contributed by atoms with Crippen molar-refractivity contribution in [3.05, 3.63) is 66.8 Å². The molecule has 0 bridgehead atoms. The number of hydrogen-bond donors (Lipinski definition) is 1. The molecule has 0 saturated heterocycles. The lowest BCUT2D eigenvalue weighted by Gasteiger charge is -2.10. The highest BCUT2D eigenvalue weighted by molar-refractivity contribution is 5.93. The Bertz CT molecular complexity index is 1100. The van der Waals surface area contributed by atoms with Crippen molar-refractivity contribution < 1.29 is 8.78 Å². The first kappa shape index (κ1) is 16.0. The van der Waals surface area contributed by atoms with E-state index in [4.69, 9.17) is 0 Å². The number of rotatable bonds is 3. The summed E-state index contributed by atoms with van der Waals surface area (Å²) in [5.74, 6) is -0.705. The summed E-state index contributed by atoms with van der Waals surface area (Å²) in [6, 6.07) is 9.31. The molecule has 7 heteroatoms. The molecule has 0 atom stereocenters. The zero-order valence-electron chi connectivity index (χ0n) is 13.7. The van der Waals surface area contributed by atoms with Crippen molar-refractivity contribution in [3.63, 3.8) is 0 Å². The zero-order valence-corrected chi connectivity index (χ0v) is 13.7. The van der Waals surface area contributed by atoms with E-state index in [-0.39, 0.29) is 5.56 Å². The highest BCUT2D eigenvalue weighted by Crippen LogP contribution is 2.31. The molecule has 0 aliphatic heterocycles. The fourth-order valence-electron chi connectivity index (χ4n) is 2.76. The van der Waals surface area contributed by atoms with Crippen LogP contribution in [-0.4, -0.2) is 27.0 Å². The largest absolute Gasteiger partial charge is 0.373 e. The molecule has 26 heavy (non-hydrogen) atoms. The smallest absolute Gasteiger partial charge is 0.166 e. The fourth-order valence-corrected chi connectivity index (χ4v) is 2.76. The summed E-state index contributed by atoms with van der Waals surface area (Å²) in [4.78, 5) is 17.0. The summed E-state index contributed by atoms with van der Waals surface area (Å²) >= 11 is 0. The van der Waals surface area contributed by atoms with Gasteiger partial charge in [0.1, 0.15) is 12.1 Å². The van der Waals surface area contributed by atoms with Gasteiger partial charge in [-0.05, 0) is 23.8 Å². The van der Waals surface area contributed by atoms with Crippen LogP contribution in [0.25, 0.3) is 33.4 Å². The second kappa shape index (κ2) is 6.44. The fraction of sp³-hybridized carbons (Fsp3) is 0.0526. The molecule has 1 N–H and O–H groups in total. The molecule has 2 aromatic carbocycles. The van der Waals surface area contributed by atoms with Crippen LogP contribution in [0.2, 0.25) is 0 Å². The Balaban J connectivity index is 1.90. The van der Waals surface area contributed by atoms with Gasteiger partial charge in [0.15, 0.2) is 17.5 Å². The van der Waals surface area contributed by atoms with Gasteiger partial charge >= 0.3 is 0 Å². The van der Waals surface area contributed by atoms with Gasteiger partial charge in [-0.1, -0.05) is 18.2 Å². The van der Waals surface area contributed by atoms with Gasteiger partial charge in [0.25, 0.3) is 0 Å². The summed E-state index contributed by atoms with van der Waals surface area (Å²) in [5.41, 5.74) is 2.09. The van der Waals surface area contributed by atoms with E-state index in [2.05, 4.69) is 25.3 Å². The van der Waals surface area contributed by atoms with Crippen LogP contribution < -0.4 is 5.32 Å². The summed E-state index contributed by atoms with van der Waals surface area (Å²) < 4.78 is 27.7. The quantitative estimate of drug-likeness (QED) is 0.604. The van der Waals surface area contributed by atoms with Crippen molar-refractivity contribution in [2.75, 3.05) is 12.4 Å². The van der Waals surface area contributed by atoms with Gasteiger partial charge in [-0.3, -0.25) is 0 Å². The Hall–Kier alpha value is -3.48. The van der Waals surface area contributed by atoms with Crippen molar-refractivity contribution >= 4 is 16.7 Å². The summed E-state index contributed by atoms with van der Waals surface area (Å²) in [6.07, 6.45) is 4.69. The Morgan fingerprint density at radius 1 is 0.923 bits per heavy atom. The first-order valence-corrected chi connectivity index (χ1v) is 7.86. The third kappa shape index (κ3) is 2.73. The molecular weight excluding hydrogens is 336 g/mol. The van der Waals surface area contributed by atoms with Crippen molar-refractivity contribution in [1.82, 2.24) is 19.9 Å². The van der Waals surface area contributed by atoms with E-state index in [0.717, 1.165) is 6.07 Å². The Kier molecular flexibility index (Phi) is 3.96. The number of benzene rings is 2. The van der Waals surface area contributed by atoms with E-state index in [1.807, 2.05) is 0 Å². The van der Waals surface area contributed by atoms with Crippen LogP contribution in [0, 0.1) is 11.6 Å². The van der Waals surface area contributed by atoms with E-state index in [1.54, 1.807) is 37.6 Å². The minimum absolute atomic E-state index is 0.189. The monoisotopic (exact) mass is 349 g/mol. The molecule has 4 aromatic rings. The molecular formula is C19H13F2N5. The van der Waals surface area contributed by atoms with Crippen LogP contribution in [0.4, 0.5) is 14.6 Å². The molecule has 0 aliphatic carbocycles. The number of halogens is 2. The lowest BCUT2D eigenvalue weighted by Crippen LogP contribution is -1.99. The summed E-state index contributed by atoms with van der Waals surface area (Å²) in [5, 5.41) is 3.73. The van der Waals surface area contributed by atoms with Crippen molar-refractivity contribution in [2.45, 2.75) is 0 Å². The van der Waals surface area contributed by atoms with Gasteiger partial charge < -0.3 is 5.32 Å². The number of nitrogens with one attached hydrogen (secondary N) is 1. The van der Waals surface area contributed by atoms with E-state index in [9.17, 15) is 8.78 Å².